The van der Waals surface area contributed by atoms with E-state index in [-0.39, 0.29) is 6.10 Å². The predicted molar refractivity (Wildman–Crippen MR) is 108 cm³/mol. The second-order valence-electron chi connectivity index (χ2n) is 6.61. The highest BCUT2D eigenvalue weighted by Gasteiger charge is 2.31. The standard InChI is InChI=1S/C20H15F3IN3O/c21-20(22,23)12-4-5-14(16(24)7-12)18-9-19(26-10-25-18)27-17-3-1-2-11-6-13(28)8-15(11)17/h1-5,7,9-10,13,28H,6,8H2,(H,25,26,27). The SMILES string of the molecule is OC1Cc2cccc(Nc3cc(-c4ccc(C(F)(F)F)cc4I)ncn3)c2C1. The number of nitrogens with one attached hydrogen (secondary N) is 1. The molecule has 0 saturated carbocycles. The number of aromatic nitrogens is 2. The first-order valence-electron chi connectivity index (χ1n) is 8.56. The topological polar surface area (TPSA) is 58.0 Å². The Hall–Kier alpha value is -2.20. The fourth-order valence-corrected chi connectivity index (χ4v) is 4.15. The first-order chi connectivity index (χ1) is 13.3. The van der Waals surface area contributed by atoms with Crippen LogP contribution in [0.3, 0.4) is 0 Å². The lowest BCUT2D eigenvalue weighted by Crippen LogP contribution is -2.05. The first-order valence-corrected chi connectivity index (χ1v) is 9.64. The number of aliphatic hydroxyl groups is 1. The van der Waals surface area contributed by atoms with E-state index in [1.54, 1.807) is 6.07 Å². The fourth-order valence-electron chi connectivity index (χ4n) is 3.36. The molecular formula is C20H15F3IN3O. The summed E-state index contributed by atoms with van der Waals surface area (Å²) in [6.45, 7) is 0. The number of benzene rings is 2. The Balaban J connectivity index is 1.64. The zero-order valence-electron chi connectivity index (χ0n) is 14.5. The highest BCUT2D eigenvalue weighted by atomic mass is 127. The largest absolute Gasteiger partial charge is 0.416 e. The number of hydrogen-bond acceptors (Lipinski definition) is 4. The quantitative estimate of drug-likeness (QED) is 0.502. The minimum absolute atomic E-state index is 0.382. The Morgan fingerprint density at radius 2 is 1.89 bits per heavy atom. The maximum absolute atomic E-state index is 12.9. The van der Waals surface area contributed by atoms with E-state index in [2.05, 4.69) is 15.3 Å². The summed E-state index contributed by atoms with van der Waals surface area (Å²) >= 11 is 1.88. The van der Waals surface area contributed by atoms with Crippen molar-refractivity contribution in [3.63, 3.8) is 0 Å². The Morgan fingerprint density at radius 1 is 1.07 bits per heavy atom. The van der Waals surface area contributed by atoms with Crippen molar-refractivity contribution in [2.24, 2.45) is 0 Å². The van der Waals surface area contributed by atoms with Gasteiger partial charge in [-0.2, -0.15) is 13.2 Å². The van der Waals surface area contributed by atoms with Gasteiger partial charge in [-0.3, -0.25) is 0 Å². The molecule has 144 valence electrons. The van der Waals surface area contributed by atoms with Gasteiger partial charge in [0, 0.05) is 27.3 Å². The Kier molecular flexibility index (Phi) is 5.00. The molecule has 8 heteroatoms. The number of anilines is 2. The van der Waals surface area contributed by atoms with Gasteiger partial charge in [0.15, 0.2) is 0 Å². The van der Waals surface area contributed by atoms with E-state index in [1.807, 2.05) is 40.8 Å². The van der Waals surface area contributed by atoms with Crippen molar-refractivity contribution in [3.8, 4) is 11.3 Å². The summed E-state index contributed by atoms with van der Waals surface area (Å²) in [6.07, 6.45) is -2.18. The van der Waals surface area contributed by atoms with Gasteiger partial charge in [-0.05, 0) is 58.3 Å². The van der Waals surface area contributed by atoms with E-state index in [9.17, 15) is 18.3 Å². The summed E-state index contributed by atoms with van der Waals surface area (Å²) < 4.78 is 39.1. The fraction of sp³-hybridized carbons (Fsp3) is 0.200. The molecule has 1 aliphatic carbocycles. The molecule has 1 aromatic heterocycles. The second kappa shape index (κ2) is 7.32. The smallest absolute Gasteiger partial charge is 0.392 e. The van der Waals surface area contributed by atoms with Gasteiger partial charge in [-0.1, -0.05) is 18.2 Å². The molecule has 0 fully saturated rings. The molecule has 0 saturated heterocycles. The monoisotopic (exact) mass is 497 g/mol. The molecule has 0 aliphatic heterocycles. The maximum Gasteiger partial charge on any atom is 0.416 e. The molecule has 2 aromatic carbocycles. The third-order valence-corrected chi connectivity index (χ3v) is 5.56. The highest BCUT2D eigenvalue weighted by Crippen LogP contribution is 2.35. The van der Waals surface area contributed by atoms with Gasteiger partial charge in [0.2, 0.25) is 0 Å². The minimum atomic E-state index is -4.38. The zero-order chi connectivity index (χ0) is 19.9. The molecule has 1 unspecified atom stereocenters. The number of alkyl halides is 3. The van der Waals surface area contributed by atoms with E-state index < -0.39 is 11.7 Å². The van der Waals surface area contributed by atoms with Crippen LogP contribution in [-0.4, -0.2) is 21.2 Å². The van der Waals surface area contributed by atoms with Crippen molar-refractivity contribution in [2.45, 2.75) is 25.1 Å². The van der Waals surface area contributed by atoms with Crippen molar-refractivity contribution >= 4 is 34.1 Å². The molecule has 0 spiro atoms. The molecule has 3 aromatic rings. The van der Waals surface area contributed by atoms with Crippen LogP contribution in [0.1, 0.15) is 16.7 Å². The number of aliphatic hydroxyl groups excluding tert-OH is 1. The molecule has 0 bridgehead atoms. The van der Waals surface area contributed by atoms with Crippen LogP contribution in [0.25, 0.3) is 11.3 Å². The average Bonchev–Trinajstić information content (AvgIpc) is 3.02. The lowest BCUT2D eigenvalue weighted by Gasteiger charge is -2.13. The van der Waals surface area contributed by atoms with Gasteiger partial charge in [0.1, 0.15) is 12.1 Å². The molecule has 2 N–H and O–H groups in total. The molecule has 28 heavy (non-hydrogen) atoms. The number of hydrogen-bond donors (Lipinski definition) is 2. The van der Waals surface area contributed by atoms with Crippen LogP contribution in [0.5, 0.6) is 0 Å². The van der Waals surface area contributed by atoms with Gasteiger partial charge < -0.3 is 10.4 Å². The van der Waals surface area contributed by atoms with Crippen LogP contribution in [-0.2, 0) is 19.0 Å². The number of nitrogens with zero attached hydrogens (tertiary/aromatic N) is 2. The van der Waals surface area contributed by atoms with Gasteiger partial charge in [0.05, 0.1) is 17.4 Å². The van der Waals surface area contributed by atoms with Crippen molar-refractivity contribution in [2.75, 3.05) is 5.32 Å². The van der Waals surface area contributed by atoms with Crippen LogP contribution >= 0.6 is 22.6 Å². The summed E-state index contributed by atoms with van der Waals surface area (Å²) in [5.74, 6) is 0.537. The lowest BCUT2D eigenvalue weighted by molar-refractivity contribution is -0.137. The van der Waals surface area contributed by atoms with Gasteiger partial charge in [0.25, 0.3) is 0 Å². The molecule has 4 nitrogen and oxygen atoms in total. The molecule has 0 amide bonds. The van der Waals surface area contributed by atoms with Crippen LogP contribution < -0.4 is 5.32 Å². The first kappa shape index (κ1) is 19.1. The summed E-state index contributed by atoms with van der Waals surface area (Å²) in [5.41, 5.74) is 3.46. The normalized spacial score (nSPS) is 16.1. The Morgan fingerprint density at radius 3 is 2.64 bits per heavy atom. The van der Waals surface area contributed by atoms with Crippen LogP contribution in [0, 0.1) is 3.57 Å². The second-order valence-corrected chi connectivity index (χ2v) is 7.77. The van der Waals surface area contributed by atoms with Crippen molar-refractivity contribution < 1.29 is 18.3 Å². The number of halogens is 4. The van der Waals surface area contributed by atoms with Crippen molar-refractivity contribution in [3.05, 3.63) is 69.1 Å². The number of fused-ring (bicyclic) bond motifs is 1. The summed E-state index contributed by atoms with van der Waals surface area (Å²) in [4.78, 5) is 8.44. The maximum atomic E-state index is 12.9. The van der Waals surface area contributed by atoms with E-state index in [4.69, 9.17) is 0 Å². The number of rotatable bonds is 3. The van der Waals surface area contributed by atoms with Gasteiger partial charge in [-0.25, -0.2) is 9.97 Å². The summed E-state index contributed by atoms with van der Waals surface area (Å²) in [5, 5.41) is 13.2. The van der Waals surface area contributed by atoms with E-state index in [0.29, 0.717) is 33.5 Å². The minimum Gasteiger partial charge on any atom is -0.392 e. The molecule has 1 heterocycles. The molecule has 1 atom stereocenters. The lowest BCUT2D eigenvalue weighted by atomic mass is 10.1. The van der Waals surface area contributed by atoms with Crippen LogP contribution in [0.2, 0.25) is 0 Å². The third-order valence-electron chi connectivity index (χ3n) is 4.67. The summed E-state index contributed by atoms with van der Waals surface area (Å²) in [6, 6.07) is 11.1. The predicted octanol–water partition coefficient (Wildman–Crippen LogP) is 4.97. The van der Waals surface area contributed by atoms with Crippen LogP contribution in [0.4, 0.5) is 24.7 Å². The van der Waals surface area contributed by atoms with E-state index in [0.717, 1.165) is 28.9 Å². The van der Waals surface area contributed by atoms with Crippen molar-refractivity contribution in [1.29, 1.82) is 0 Å². The van der Waals surface area contributed by atoms with E-state index in [1.165, 1.54) is 12.4 Å². The third kappa shape index (κ3) is 3.83. The highest BCUT2D eigenvalue weighted by molar-refractivity contribution is 14.1. The molecule has 4 rings (SSSR count). The Bertz CT molecular complexity index is 1040. The zero-order valence-corrected chi connectivity index (χ0v) is 16.6. The van der Waals surface area contributed by atoms with Crippen molar-refractivity contribution in [1.82, 2.24) is 9.97 Å². The van der Waals surface area contributed by atoms with Crippen LogP contribution in [0.15, 0.2) is 48.8 Å². The summed E-state index contributed by atoms with van der Waals surface area (Å²) in [7, 11) is 0. The van der Waals surface area contributed by atoms with Gasteiger partial charge in [-0.15, -0.1) is 0 Å². The average molecular weight is 497 g/mol. The molecular weight excluding hydrogens is 482 g/mol. The molecule has 1 aliphatic rings. The molecule has 0 radical (unpaired) electrons. The van der Waals surface area contributed by atoms with E-state index >= 15 is 0 Å². The van der Waals surface area contributed by atoms with Gasteiger partial charge >= 0.3 is 6.18 Å². The Labute approximate surface area is 173 Å².